The average molecular weight is 941 g/mol. The zero-order valence-electron chi connectivity index (χ0n) is 35.0. The Morgan fingerprint density at radius 3 is 1.97 bits per heavy atom. The number of amides is 5. The number of aliphatic hydroxyl groups is 4. The van der Waals surface area contributed by atoms with E-state index in [1.807, 2.05) is 0 Å². The van der Waals surface area contributed by atoms with Crippen molar-refractivity contribution in [2.75, 3.05) is 96.2 Å². The van der Waals surface area contributed by atoms with Gasteiger partial charge in [0, 0.05) is 62.7 Å². The van der Waals surface area contributed by atoms with Crippen molar-refractivity contribution in [2.45, 2.75) is 55.5 Å². The Labute approximate surface area is 375 Å². The normalized spacial score (nSPS) is 20.4. The molecule has 24 nitrogen and oxygen atoms in total. The molecule has 358 valence electrons. The van der Waals surface area contributed by atoms with Crippen LogP contribution < -0.4 is 37.4 Å². The van der Waals surface area contributed by atoms with E-state index in [1.54, 1.807) is 24.3 Å². The fourth-order valence-electron chi connectivity index (χ4n) is 6.49. The highest BCUT2D eigenvalue weighted by atomic mass is 35.5. The number of carboxylic acids is 1. The van der Waals surface area contributed by atoms with Crippen molar-refractivity contribution in [1.82, 2.24) is 20.9 Å². The van der Waals surface area contributed by atoms with Gasteiger partial charge in [0.2, 0.25) is 17.7 Å². The molecule has 2 aliphatic heterocycles. The quantitative estimate of drug-likeness (QED) is 0.0201. The second kappa shape index (κ2) is 25.9. The molecule has 0 radical (unpaired) electrons. The molecule has 0 aliphatic carbocycles. The van der Waals surface area contributed by atoms with Crippen LogP contribution >= 0.6 is 11.6 Å². The number of aliphatic hydroxyl groups excluding tert-OH is 4. The number of nitrogens with zero attached hydrogens (tertiary/aromatic N) is 1. The summed E-state index contributed by atoms with van der Waals surface area (Å²) in [5, 5.41) is 65.6. The van der Waals surface area contributed by atoms with Gasteiger partial charge in [0.15, 0.2) is 0 Å². The lowest BCUT2D eigenvalue weighted by Crippen LogP contribution is -2.68. The summed E-state index contributed by atoms with van der Waals surface area (Å²) in [6.07, 6.45) is -5.98. The van der Waals surface area contributed by atoms with Crippen molar-refractivity contribution in [3.05, 3.63) is 67.5 Å². The lowest BCUT2D eigenvalue weighted by molar-refractivity contribution is -0.312. The summed E-state index contributed by atoms with van der Waals surface area (Å²) in [6, 6.07) is 4.89. The summed E-state index contributed by atoms with van der Waals surface area (Å²) in [7, 11) is 0. The van der Waals surface area contributed by atoms with Gasteiger partial charge in [-0.25, -0.2) is 4.79 Å². The van der Waals surface area contributed by atoms with Crippen LogP contribution in [0.5, 0.6) is 0 Å². The zero-order chi connectivity index (χ0) is 47.5. The summed E-state index contributed by atoms with van der Waals surface area (Å²) in [6.45, 7) is -1.25. The van der Waals surface area contributed by atoms with Crippen LogP contribution in [-0.2, 0) is 58.9 Å². The number of aliphatic carboxylic acids is 1. The third kappa shape index (κ3) is 15.6. The summed E-state index contributed by atoms with van der Waals surface area (Å²) in [5.41, 5.74) is -0.644. The van der Waals surface area contributed by atoms with Crippen molar-refractivity contribution in [3.8, 4) is 0 Å². The number of carboxylic acid groups (broad SMARTS) is 1. The van der Waals surface area contributed by atoms with Gasteiger partial charge < -0.3 is 75.8 Å². The van der Waals surface area contributed by atoms with Gasteiger partial charge in [-0.15, -0.1) is 0 Å². The molecule has 2 aliphatic rings. The van der Waals surface area contributed by atoms with E-state index in [0.29, 0.717) is 10.6 Å². The summed E-state index contributed by atoms with van der Waals surface area (Å²) >= 11 is 5.87. The number of halogens is 1. The van der Waals surface area contributed by atoms with Gasteiger partial charge in [0.1, 0.15) is 30.2 Å². The molecule has 0 bridgehead atoms. The first kappa shape index (κ1) is 52.2. The fourth-order valence-corrected chi connectivity index (χ4v) is 6.61. The van der Waals surface area contributed by atoms with Crippen molar-refractivity contribution in [3.63, 3.8) is 0 Å². The molecule has 2 aromatic carbocycles. The third-order valence-electron chi connectivity index (χ3n) is 9.86. The van der Waals surface area contributed by atoms with Gasteiger partial charge in [0.05, 0.1) is 70.9 Å². The first-order valence-electron chi connectivity index (χ1n) is 20.4. The molecule has 10 N–H and O–H groups in total. The smallest absolute Gasteiger partial charge is 0.364 e. The Hall–Kier alpha value is -5.41. The first-order chi connectivity index (χ1) is 31.1. The van der Waals surface area contributed by atoms with Crippen molar-refractivity contribution >= 4 is 58.5 Å². The maximum Gasteiger partial charge on any atom is 0.364 e. The zero-order valence-corrected chi connectivity index (χ0v) is 35.8. The highest BCUT2D eigenvalue weighted by Crippen LogP contribution is 2.33. The van der Waals surface area contributed by atoms with E-state index < -0.39 is 103 Å². The predicted molar refractivity (Wildman–Crippen MR) is 225 cm³/mol. The maximum atomic E-state index is 12.5. The SMILES string of the molecule is O=C(CCN1C(=O)C=CC1=O)NCCOCCNc1c(NCCOCCOCCO[C@]2(C(=O)O)C[C@H](O)[C@@H](NC(=O)CO)[C@H]([C@H](O)[C@H](O)CNC(=O)Cc3ccc(Cl)cc3)O2)c(=O)c1=O. The van der Waals surface area contributed by atoms with Crippen LogP contribution in [0.25, 0.3) is 0 Å². The van der Waals surface area contributed by atoms with Gasteiger partial charge in [-0.1, -0.05) is 23.7 Å². The Morgan fingerprint density at radius 2 is 1.37 bits per heavy atom. The Balaban J connectivity index is 1.11. The number of carbonyl (C=O) groups is 6. The Kier molecular flexibility index (Phi) is 20.8. The van der Waals surface area contributed by atoms with Crippen LogP contribution in [0.4, 0.5) is 11.4 Å². The van der Waals surface area contributed by atoms with Gasteiger partial charge in [-0.3, -0.25) is 38.5 Å². The molecular weight excluding hydrogens is 888 g/mol. The van der Waals surface area contributed by atoms with Crippen LogP contribution in [0, 0.1) is 0 Å². The van der Waals surface area contributed by atoms with Crippen molar-refractivity contribution in [2.24, 2.45) is 0 Å². The molecule has 1 saturated heterocycles. The predicted octanol–water partition coefficient (Wildman–Crippen LogP) is -4.25. The number of hydrogen-bond donors (Lipinski definition) is 10. The molecule has 0 aromatic heterocycles. The van der Waals surface area contributed by atoms with Gasteiger partial charge >= 0.3 is 5.97 Å². The molecule has 0 spiro atoms. The third-order valence-corrected chi connectivity index (χ3v) is 10.1. The number of hydrogen-bond acceptors (Lipinski definition) is 19. The number of ether oxygens (including phenoxy) is 5. The van der Waals surface area contributed by atoms with E-state index in [-0.39, 0.29) is 95.9 Å². The summed E-state index contributed by atoms with van der Waals surface area (Å²) in [4.78, 5) is 97.2. The van der Waals surface area contributed by atoms with Crippen LogP contribution in [0.1, 0.15) is 18.4 Å². The molecule has 4 rings (SSSR count). The van der Waals surface area contributed by atoms with Crippen LogP contribution in [0.2, 0.25) is 5.02 Å². The standard InChI is InChI=1S/C40H53ClN6O18/c41-24-3-1-23(2-4-24)19-28(52)45-21-26(50)35(56)38-32(46-29(53)22-48)25(49)20-40(65-38,39(59)60)64-18-17-63-16-15-62-14-10-44-34-33(36(57)37(34)58)43-9-13-61-12-8-42-27(51)7-11-47-30(54)5-6-31(47)55/h1-6,25-26,32,35,38,43-44,48-50,56H,7-22H2,(H,42,51)(H,45,52)(H,46,53)(H,59,60)/t25-,26+,32+,35+,38+,40+/m0/s1. The molecule has 5 amide bonds. The van der Waals surface area contributed by atoms with E-state index >= 15 is 0 Å². The minimum absolute atomic E-state index is 0.00832. The average Bonchev–Trinajstić information content (AvgIpc) is 3.61. The van der Waals surface area contributed by atoms with Gasteiger partial charge in [0.25, 0.3) is 28.5 Å². The number of anilines is 2. The molecular formula is C40H53ClN6O18. The Morgan fingerprint density at radius 1 is 0.800 bits per heavy atom. The van der Waals surface area contributed by atoms with Gasteiger partial charge in [-0.05, 0) is 17.7 Å². The highest BCUT2D eigenvalue weighted by molar-refractivity contribution is 6.30. The molecule has 0 saturated carbocycles. The minimum atomic E-state index is -2.59. The largest absolute Gasteiger partial charge is 0.477 e. The summed E-state index contributed by atoms with van der Waals surface area (Å²) < 4.78 is 27.5. The molecule has 65 heavy (non-hydrogen) atoms. The number of carbonyl (C=O) groups excluding carboxylic acids is 5. The number of rotatable bonds is 30. The lowest BCUT2D eigenvalue weighted by Gasteiger charge is -2.46. The van der Waals surface area contributed by atoms with Gasteiger partial charge in [-0.2, -0.15) is 0 Å². The maximum absolute atomic E-state index is 12.5. The first-order valence-corrected chi connectivity index (χ1v) is 20.8. The minimum Gasteiger partial charge on any atom is -0.477 e. The van der Waals surface area contributed by atoms with Crippen molar-refractivity contribution < 1.29 is 78.0 Å². The van der Waals surface area contributed by atoms with Crippen LogP contribution in [-0.4, -0.2) is 188 Å². The second-order valence-corrected chi connectivity index (χ2v) is 15.0. The highest BCUT2D eigenvalue weighted by Gasteiger charge is 2.56. The van der Waals surface area contributed by atoms with Crippen LogP contribution in [0.15, 0.2) is 46.0 Å². The molecule has 2 heterocycles. The number of imide groups is 1. The number of benzene rings is 1. The molecule has 1 fully saturated rings. The lowest BCUT2D eigenvalue weighted by atomic mass is 9.88. The van der Waals surface area contributed by atoms with E-state index in [1.165, 1.54) is 0 Å². The van der Waals surface area contributed by atoms with Crippen molar-refractivity contribution in [1.29, 1.82) is 0 Å². The molecule has 25 heteroatoms. The monoisotopic (exact) mass is 940 g/mol. The Bertz CT molecular complexity index is 2030. The molecule has 2 aromatic rings. The van der Waals surface area contributed by atoms with E-state index in [9.17, 15) is 63.9 Å². The second-order valence-electron chi connectivity index (χ2n) is 14.5. The fraction of sp³-hybridized carbons (Fsp3) is 0.550. The molecule has 0 unspecified atom stereocenters. The summed E-state index contributed by atoms with van der Waals surface area (Å²) in [5.74, 6) is -7.14. The van der Waals surface area contributed by atoms with E-state index in [0.717, 1.165) is 17.1 Å². The topological polar surface area (TPSA) is 347 Å². The van der Waals surface area contributed by atoms with Crippen LogP contribution in [0.3, 0.4) is 0 Å². The number of nitrogens with one attached hydrogen (secondary N) is 5. The van der Waals surface area contributed by atoms with E-state index in [2.05, 4.69) is 26.6 Å². The van der Waals surface area contributed by atoms with E-state index in [4.69, 9.17) is 35.3 Å². The molecule has 6 atom stereocenters.